The van der Waals surface area contributed by atoms with Crippen molar-refractivity contribution in [3.8, 4) is 6.07 Å². The molecule has 0 atom stereocenters. The van der Waals surface area contributed by atoms with Crippen molar-refractivity contribution >= 4 is 11.4 Å². The van der Waals surface area contributed by atoms with Gasteiger partial charge in [0.15, 0.2) is 0 Å². The van der Waals surface area contributed by atoms with E-state index in [2.05, 4.69) is 18.3 Å². The van der Waals surface area contributed by atoms with Crippen LogP contribution >= 0.6 is 0 Å². The largest absolute Gasteiger partial charge is 0.397 e. The van der Waals surface area contributed by atoms with Crippen molar-refractivity contribution in [1.82, 2.24) is 0 Å². The Balaban J connectivity index is 2.52. The molecule has 3 nitrogen and oxygen atoms in total. The number of hydrogen-bond acceptors (Lipinski definition) is 3. The van der Waals surface area contributed by atoms with Gasteiger partial charge in [0.25, 0.3) is 0 Å². The van der Waals surface area contributed by atoms with Crippen LogP contribution in [0.1, 0.15) is 31.7 Å². The summed E-state index contributed by atoms with van der Waals surface area (Å²) in [7, 11) is 0. The van der Waals surface area contributed by atoms with E-state index in [0.717, 1.165) is 18.7 Å². The fourth-order valence-corrected chi connectivity index (χ4v) is 1.39. The zero-order chi connectivity index (χ0) is 11.1. The van der Waals surface area contributed by atoms with E-state index in [9.17, 15) is 0 Å². The topological polar surface area (TPSA) is 61.8 Å². The summed E-state index contributed by atoms with van der Waals surface area (Å²) >= 11 is 0. The molecule has 1 rings (SSSR count). The highest BCUT2D eigenvalue weighted by atomic mass is 14.9. The maximum absolute atomic E-state index is 8.67. The Hall–Kier alpha value is -1.69. The molecule has 3 heteroatoms. The number of nitrogens with zero attached hydrogens (tertiary/aromatic N) is 1. The molecule has 0 aliphatic carbocycles. The maximum atomic E-state index is 8.67. The quantitative estimate of drug-likeness (QED) is 0.571. The van der Waals surface area contributed by atoms with E-state index in [1.54, 1.807) is 12.1 Å². The molecule has 0 aliphatic rings. The fourth-order valence-electron chi connectivity index (χ4n) is 1.39. The molecule has 0 saturated carbocycles. The first-order valence-electron chi connectivity index (χ1n) is 5.31. The monoisotopic (exact) mass is 203 g/mol. The second-order valence-corrected chi connectivity index (χ2v) is 3.55. The molecule has 0 saturated heterocycles. The van der Waals surface area contributed by atoms with Gasteiger partial charge in [-0.15, -0.1) is 0 Å². The number of benzene rings is 1. The van der Waals surface area contributed by atoms with Crippen LogP contribution in [0.2, 0.25) is 0 Å². The second-order valence-electron chi connectivity index (χ2n) is 3.55. The molecule has 0 bridgehead atoms. The Morgan fingerprint density at radius 3 is 2.80 bits per heavy atom. The lowest BCUT2D eigenvalue weighted by molar-refractivity contribution is 0.744. The van der Waals surface area contributed by atoms with Crippen molar-refractivity contribution in [2.45, 2.75) is 26.2 Å². The number of nitrogens with two attached hydrogens (primary N) is 1. The molecular weight excluding hydrogens is 186 g/mol. The zero-order valence-corrected chi connectivity index (χ0v) is 9.09. The minimum Gasteiger partial charge on any atom is -0.397 e. The number of nitriles is 1. The van der Waals surface area contributed by atoms with Crippen LogP contribution in [0.15, 0.2) is 18.2 Å². The molecule has 1 aromatic carbocycles. The molecule has 0 aliphatic heterocycles. The summed E-state index contributed by atoms with van der Waals surface area (Å²) in [5.74, 6) is 0. The lowest BCUT2D eigenvalue weighted by Gasteiger charge is -2.08. The van der Waals surface area contributed by atoms with E-state index in [1.807, 2.05) is 6.07 Å². The van der Waals surface area contributed by atoms with Crippen LogP contribution in [0.4, 0.5) is 11.4 Å². The molecule has 80 valence electrons. The van der Waals surface area contributed by atoms with Crippen LogP contribution < -0.4 is 11.1 Å². The van der Waals surface area contributed by atoms with Crippen LogP contribution in [0.5, 0.6) is 0 Å². The van der Waals surface area contributed by atoms with Gasteiger partial charge in [0.1, 0.15) is 0 Å². The van der Waals surface area contributed by atoms with Gasteiger partial charge < -0.3 is 11.1 Å². The summed E-state index contributed by atoms with van der Waals surface area (Å²) in [4.78, 5) is 0. The number of hydrogen-bond donors (Lipinski definition) is 2. The third-order valence-corrected chi connectivity index (χ3v) is 2.28. The third kappa shape index (κ3) is 3.51. The Kier molecular flexibility index (Phi) is 4.49. The summed E-state index contributed by atoms with van der Waals surface area (Å²) in [6.45, 7) is 3.11. The van der Waals surface area contributed by atoms with Crippen molar-refractivity contribution in [1.29, 1.82) is 5.26 Å². The number of rotatable bonds is 5. The molecular formula is C12H17N3. The van der Waals surface area contributed by atoms with Gasteiger partial charge >= 0.3 is 0 Å². The Morgan fingerprint density at radius 1 is 1.40 bits per heavy atom. The smallest absolute Gasteiger partial charge is 0.0992 e. The number of nitrogen functional groups attached to an aromatic ring is 1. The van der Waals surface area contributed by atoms with E-state index in [-0.39, 0.29) is 0 Å². The van der Waals surface area contributed by atoms with Gasteiger partial charge in [0.05, 0.1) is 23.0 Å². The predicted octanol–water partition coefficient (Wildman–Crippen LogP) is 2.74. The summed E-state index contributed by atoms with van der Waals surface area (Å²) < 4.78 is 0. The first-order chi connectivity index (χ1) is 7.27. The highest BCUT2D eigenvalue weighted by molar-refractivity contribution is 5.68. The average Bonchev–Trinajstić information content (AvgIpc) is 2.26. The first-order valence-corrected chi connectivity index (χ1v) is 5.31. The molecule has 0 spiro atoms. The summed E-state index contributed by atoms with van der Waals surface area (Å²) in [5.41, 5.74) is 7.97. The van der Waals surface area contributed by atoms with Crippen LogP contribution in [-0.2, 0) is 0 Å². The van der Waals surface area contributed by atoms with Gasteiger partial charge in [-0.1, -0.05) is 19.8 Å². The molecule has 0 amide bonds. The molecule has 3 N–H and O–H groups in total. The van der Waals surface area contributed by atoms with Crippen molar-refractivity contribution < 1.29 is 0 Å². The first kappa shape index (κ1) is 11.4. The SMILES string of the molecule is CCCCCNc1ccc(C#N)cc1N. The summed E-state index contributed by atoms with van der Waals surface area (Å²) in [5, 5.41) is 11.9. The van der Waals surface area contributed by atoms with E-state index in [0.29, 0.717) is 11.3 Å². The predicted molar refractivity (Wildman–Crippen MR) is 63.6 cm³/mol. The molecule has 15 heavy (non-hydrogen) atoms. The summed E-state index contributed by atoms with van der Waals surface area (Å²) in [6.07, 6.45) is 3.59. The molecule has 1 aromatic rings. The minimum absolute atomic E-state index is 0.603. The van der Waals surface area contributed by atoms with Crippen molar-refractivity contribution in [3.05, 3.63) is 23.8 Å². The molecule has 0 aromatic heterocycles. The average molecular weight is 203 g/mol. The van der Waals surface area contributed by atoms with Crippen LogP contribution in [0, 0.1) is 11.3 Å². The van der Waals surface area contributed by atoms with Crippen LogP contribution in [0.3, 0.4) is 0 Å². The highest BCUT2D eigenvalue weighted by Crippen LogP contribution is 2.19. The molecule has 0 unspecified atom stereocenters. The normalized spacial score (nSPS) is 9.60. The lowest BCUT2D eigenvalue weighted by Crippen LogP contribution is -2.04. The van der Waals surface area contributed by atoms with E-state index < -0.39 is 0 Å². The van der Waals surface area contributed by atoms with Crippen molar-refractivity contribution in [2.24, 2.45) is 0 Å². The van der Waals surface area contributed by atoms with Crippen LogP contribution in [0.25, 0.3) is 0 Å². The van der Waals surface area contributed by atoms with Crippen molar-refractivity contribution in [3.63, 3.8) is 0 Å². The number of unbranched alkanes of at least 4 members (excludes halogenated alkanes) is 2. The van der Waals surface area contributed by atoms with E-state index in [4.69, 9.17) is 11.0 Å². The van der Waals surface area contributed by atoms with Gasteiger partial charge in [-0.2, -0.15) is 5.26 Å². The Labute approximate surface area is 90.9 Å². The molecule has 0 heterocycles. The molecule has 0 fully saturated rings. The van der Waals surface area contributed by atoms with Gasteiger partial charge in [-0.05, 0) is 24.6 Å². The second kappa shape index (κ2) is 5.92. The lowest BCUT2D eigenvalue weighted by atomic mass is 10.2. The van der Waals surface area contributed by atoms with Crippen molar-refractivity contribution in [2.75, 3.05) is 17.6 Å². The van der Waals surface area contributed by atoms with Gasteiger partial charge in [-0.25, -0.2) is 0 Å². The van der Waals surface area contributed by atoms with Crippen LogP contribution in [-0.4, -0.2) is 6.54 Å². The highest BCUT2D eigenvalue weighted by Gasteiger charge is 1.99. The number of anilines is 2. The third-order valence-electron chi connectivity index (χ3n) is 2.28. The minimum atomic E-state index is 0.603. The Morgan fingerprint density at radius 2 is 2.20 bits per heavy atom. The molecule has 0 radical (unpaired) electrons. The van der Waals surface area contributed by atoms with E-state index in [1.165, 1.54) is 12.8 Å². The Bertz CT molecular complexity index is 352. The maximum Gasteiger partial charge on any atom is 0.0992 e. The number of nitrogens with one attached hydrogen (secondary N) is 1. The standard InChI is InChI=1S/C12H17N3/c1-2-3-4-7-15-12-6-5-10(9-13)8-11(12)14/h5-6,8,15H,2-4,7,14H2,1H3. The zero-order valence-electron chi connectivity index (χ0n) is 9.09. The fraction of sp³-hybridized carbons (Fsp3) is 0.417. The van der Waals surface area contributed by atoms with Gasteiger partial charge in [-0.3, -0.25) is 0 Å². The van der Waals surface area contributed by atoms with Gasteiger partial charge in [0, 0.05) is 6.54 Å². The van der Waals surface area contributed by atoms with Gasteiger partial charge in [0.2, 0.25) is 0 Å². The summed E-state index contributed by atoms with van der Waals surface area (Å²) in [6, 6.07) is 7.40. The van der Waals surface area contributed by atoms with E-state index >= 15 is 0 Å².